The molecule has 10 nitrogen and oxygen atoms in total. The zero-order chi connectivity index (χ0) is 20.1. The number of piperidine rings is 1. The van der Waals surface area contributed by atoms with Crippen molar-refractivity contribution in [2.45, 2.75) is 19.3 Å². The molecule has 0 bridgehead atoms. The van der Waals surface area contributed by atoms with Gasteiger partial charge >= 0.3 is 5.97 Å². The van der Waals surface area contributed by atoms with E-state index >= 15 is 0 Å². The average molecular weight is 386 g/mol. The Labute approximate surface area is 161 Å². The summed E-state index contributed by atoms with van der Waals surface area (Å²) in [5.74, 6) is -1.82. The fraction of sp³-hybridized carbons (Fsp3) is 0.444. The number of carbonyl (C=O) groups is 3. The van der Waals surface area contributed by atoms with Crippen LogP contribution in [0.2, 0.25) is 0 Å². The van der Waals surface area contributed by atoms with Gasteiger partial charge in [0.15, 0.2) is 0 Å². The monoisotopic (exact) mass is 386 g/mol. The van der Waals surface area contributed by atoms with Crippen LogP contribution in [0.1, 0.15) is 18.4 Å². The second kappa shape index (κ2) is 8.59. The second-order valence-corrected chi connectivity index (χ2v) is 6.86. The highest BCUT2D eigenvalue weighted by atomic mass is 16.4. The van der Waals surface area contributed by atoms with E-state index in [0.29, 0.717) is 19.4 Å². The molecule has 3 rings (SSSR count). The first-order valence-corrected chi connectivity index (χ1v) is 9.01. The van der Waals surface area contributed by atoms with Crippen LogP contribution in [0, 0.1) is 5.92 Å². The smallest absolute Gasteiger partial charge is 0.308 e. The van der Waals surface area contributed by atoms with E-state index in [1.54, 1.807) is 7.05 Å². The lowest BCUT2D eigenvalue weighted by atomic mass is 9.98. The number of carboxylic acids is 1. The Morgan fingerprint density at radius 3 is 2.64 bits per heavy atom. The summed E-state index contributed by atoms with van der Waals surface area (Å²) in [5.41, 5.74) is 1.59. The summed E-state index contributed by atoms with van der Waals surface area (Å²) in [5, 5.41) is 20.1. The van der Waals surface area contributed by atoms with Crippen molar-refractivity contribution in [3.63, 3.8) is 0 Å². The third-order valence-electron chi connectivity index (χ3n) is 4.83. The molecule has 0 spiro atoms. The number of nitrogens with zero attached hydrogens (tertiary/aromatic N) is 6. The topological polar surface area (TPSA) is 122 Å². The zero-order valence-electron chi connectivity index (χ0n) is 15.6. The molecule has 1 aliphatic rings. The molecule has 1 aliphatic heterocycles. The van der Waals surface area contributed by atoms with E-state index in [-0.39, 0.29) is 31.3 Å². The quantitative estimate of drug-likeness (QED) is 0.741. The van der Waals surface area contributed by atoms with Crippen LogP contribution in [-0.2, 0) is 20.8 Å². The SMILES string of the molecule is CN(CC(=O)N1CCCC(C(=O)O)C1)C(=O)Cc1ccc(-n2cnnn2)cc1. The molecule has 1 aromatic heterocycles. The molecule has 10 heteroatoms. The van der Waals surface area contributed by atoms with Crippen molar-refractivity contribution in [3.8, 4) is 5.69 Å². The molecule has 1 atom stereocenters. The molecular weight excluding hydrogens is 364 g/mol. The molecule has 1 aromatic carbocycles. The van der Waals surface area contributed by atoms with Gasteiger partial charge in [-0.25, -0.2) is 4.68 Å². The van der Waals surface area contributed by atoms with Crippen LogP contribution in [0.4, 0.5) is 0 Å². The van der Waals surface area contributed by atoms with E-state index in [1.165, 1.54) is 20.8 Å². The van der Waals surface area contributed by atoms with Crippen LogP contribution in [0.25, 0.3) is 5.69 Å². The first-order chi connectivity index (χ1) is 13.4. The predicted octanol–water partition coefficient (Wildman–Crippen LogP) is -0.0136. The number of carbonyl (C=O) groups excluding carboxylic acids is 2. The van der Waals surface area contributed by atoms with Gasteiger partial charge in [-0.1, -0.05) is 12.1 Å². The van der Waals surface area contributed by atoms with Gasteiger partial charge in [-0.15, -0.1) is 5.10 Å². The Morgan fingerprint density at radius 2 is 2.00 bits per heavy atom. The standard InChI is InChI=1S/C18H22N6O4/c1-22(11-17(26)23-8-2-3-14(10-23)18(27)28)16(25)9-13-4-6-15(7-5-13)24-12-19-20-21-24/h4-7,12,14H,2-3,8-11H2,1H3,(H,27,28). The maximum atomic E-state index is 12.4. The molecule has 0 radical (unpaired) electrons. The maximum Gasteiger partial charge on any atom is 0.308 e. The van der Waals surface area contributed by atoms with Gasteiger partial charge in [-0.3, -0.25) is 14.4 Å². The number of likely N-dealkylation sites (N-methyl/N-ethyl adjacent to an activating group) is 1. The highest BCUT2D eigenvalue weighted by Gasteiger charge is 2.28. The van der Waals surface area contributed by atoms with Gasteiger partial charge < -0.3 is 14.9 Å². The number of rotatable bonds is 6. The lowest BCUT2D eigenvalue weighted by Crippen LogP contribution is -2.47. The van der Waals surface area contributed by atoms with Gasteiger partial charge in [-0.2, -0.15) is 0 Å². The summed E-state index contributed by atoms with van der Waals surface area (Å²) in [4.78, 5) is 38.9. The number of aliphatic carboxylic acids is 1. The van der Waals surface area contributed by atoms with Gasteiger partial charge in [-0.05, 0) is 41.0 Å². The Hall–Kier alpha value is -3.30. The molecule has 2 aromatic rings. The van der Waals surface area contributed by atoms with Crippen molar-refractivity contribution >= 4 is 17.8 Å². The maximum absolute atomic E-state index is 12.4. The summed E-state index contributed by atoms with van der Waals surface area (Å²) < 4.78 is 1.51. The summed E-state index contributed by atoms with van der Waals surface area (Å²) >= 11 is 0. The number of hydrogen-bond acceptors (Lipinski definition) is 6. The highest BCUT2D eigenvalue weighted by Crippen LogP contribution is 2.17. The number of likely N-dealkylation sites (tertiary alicyclic amines) is 1. The second-order valence-electron chi connectivity index (χ2n) is 6.86. The molecule has 1 saturated heterocycles. The first-order valence-electron chi connectivity index (χ1n) is 9.01. The third kappa shape index (κ3) is 4.70. The average Bonchev–Trinajstić information content (AvgIpc) is 3.23. The number of tetrazole rings is 1. The summed E-state index contributed by atoms with van der Waals surface area (Å²) in [6.45, 7) is 0.673. The van der Waals surface area contributed by atoms with E-state index in [4.69, 9.17) is 5.11 Å². The molecule has 1 unspecified atom stereocenters. The van der Waals surface area contributed by atoms with Crippen LogP contribution in [0.5, 0.6) is 0 Å². The van der Waals surface area contributed by atoms with Crippen molar-refractivity contribution in [1.82, 2.24) is 30.0 Å². The molecule has 1 N–H and O–H groups in total. The zero-order valence-corrected chi connectivity index (χ0v) is 15.6. The normalized spacial score (nSPS) is 16.6. The van der Waals surface area contributed by atoms with Crippen LogP contribution in [0.3, 0.4) is 0 Å². The minimum Gasteiger partial charge on any atom is -0.481 e. The Kier molecular flexibility index (Phi) is 5.97. The summed E-state index contributed by atoms with van der Waals surface area (Å²) in [6, 6.07) is 7.24. The molecule has 2 amide bonds. The van der Waals surface area contributed by atoms with E-state index in [1.807, 2.05) is 24.3 Å². The summed E-state index contributed by atoms with van der Waals surface area (Å²) in [6.07, 6.45) is 2.88. The van der Waals surface area contributed by atoms with Crippen LogP contribution < -0.4 is 0 Å². The number of carboxylic acid groups (broad SMARTS) is 1. The first kappa shape index (κ1) is 19.5. The van der Waals surface area contributed by atoms with Gasteiger partial charge in [0.05, 0.1) is 24.6 Å². The Balaban J connectivity index is 1.52. The third-order valence-corrected chi connectivity index (χ3v) is 4.83. The molecule has 2 heterocycles. The van der Waals surface area contributed by atoms with Crippen molar-refractivity contribution in [1.29, 1.82) is 0 Å². The van der Waals surface area contributed by atoms with E-state index in [0.717, 1.165) is 11.3 Å². The highest BCUT2D eigenvalue weighted by molar-refractivity contribution is 5.86. The number of benzene rings is 1. The number of aromatic nitrogens is 4. The predicted molar refractivity (Wildman–Crippen MR) is 97.4 cm³/mol. The van der Waals surface area contributed by atoms with Crippen molar-refractivity contribution in [3.05, 3.63) is 36.2 Å². The van der Waals surface area contributed by atoms with Crippen molar-refractivity contribution < 1.29 is 19.5 Å². The van der Waals surface area contributed by atoms with Crippen LogP contribution >= 0.6 is 0 Å². The fourth-order valence-electron chi connectivity index (χ4n) is 3.15. The van der Waals surface area contributed by atoms with Crippen molar-refractivity contribution in [2.75, 3.05) is 26.7 Å². The Bertz CT molecular complexity index is 836. The molecular formula is C18H22N6O4. The molecule has 1 fully saturated rings. The van der Waals surface area contributed by atoms with Gasteiger partial charge in [0.2, 0.25) is 11.8 Å². The van der Waals surface area contributed by atoms with Crippen molar-refractivity contribution in [2.24, 2.45) is 5.92 Å². The van der Waals surface area contributed by atoms with Crippen LogP contribution in [-0.4, -0.2) is 79.6 Å². The van der Waals surface area contributed by atoms with Crippen LogP contribution in [0.15, 0.2) is 30.6 Å². The van der Waals surface area contributed by atoms with Gasteiger partial charge in [0, 0.05) is 20.1 Å². The largest absolute Gasteiger partial charge is 0.481 e. The lowest BCUT2D eigenvalue weighted by molar-refractivity contribution is -0.147. The van der Waals surface area contributed by atoms with Gasteiger partial charge in [0.25, 0.3) is 0 Å². The minimum absolute atomic E-state index is 0.0616. The minimum atomic E-state index is -0.882. The molecule has 0 aliphatic carbocycles. The van der Waals surface area contributed by atoms with E-state index in [2.05, 4.69) is 15.5 Å². The fourth-order valence-corrected chi connectivity index (χ4v) is 3.15. The molecule has 0 saturated carbocycles. The van der Waals surface area contributed by atoms with E-state index in [9.17, 15) is 14.4 Å². The van der Waals surface area contributed by atoms with Gasteiger partial charge in [0.1, 0.15) is 6.33 Å². The number of hydrogen-bond donors (Lipinski definition) is 1. The Morgan fingerprint density at radius 1 is 1.25 bits per heavy atom. The lowest BCUT2D eigenvalue weighted by Gasteiger charge is -2.32. The number of amides is 2. The molecule has 148 valence electrons. The van der Waals surface area contributed by atoms with E-state index < -0.39 is 11.9 Å². The summed E-state index contributed by atoms with van der Waals surface area (Å²) in [7, 11) is 1.58. The molecule has 28 heavy (non-hydrogen) atoms.